The first kappa shape index (κ1) is 20.1. The van der Waals surface area contributed by atoms with Gasteiger partial charge in [-0.2, -0.15) is 0 Å². The van der Waals surface area contributed by atoms with E-state index in [1.54, 1.807) is 21.3 Å². The third-order valence-corrected chi connectivity index (χ3v) is 4.68. The highest BCUT2D eigenvalue weighted by molar-refractivity contribution is 9.10. The Morgan fingerprint density at radius 3 is 2.35 bits per heavy atom. The summed E-state index contributed by atoms with van der Waals surface area (Å²) in [6, 6.07) is 11.5. The lowest BCUT2D eigenvalue weighted by atomic mass is 10.1. The predicted octanol–water partition coefficient (Wildman–Crippen LogP) is 3.77. The number of hydrogen-bond donors (Lipinski definition) is 1. The maximum absolute atomic E-state index is 12.1. The van der Waals surface area contributed by atoms with Crippen molar-refractivity contribution in [3.8, 4) is 17.2 Å². The molecule has 1 N–H and O–H groups in total. The molecule has 0 radical (unpaired) electrons. The molecule has 0 aliphatic carbocycles. The minimum absolute atomic E-state index is 0.0267. The molecule has 26 heavy (non-hydrogen) atoms. The van der Waals surface area contributed by atoms with E-state index in [-0.39, 0.29) is 5.91 Å². The summed E-state index contributed by atoms with van der Waals surface area (Å²) in [4.78, 5) is 12.1. The summed E-state index contributed by atoms with van der Waals surface area (Å²) in [6.45, 7) is 0.550. The molecule has 0 spiro atoms. The van der Waals surface area contributed by atoms with E-state index < -0.39 is 0 Å². The first-order valence-electron chi connectivity index (χ1n) is 8.37. The van der Waals surface area contributed by atoms with Gasteiger partial charge in [0.25, 0.3) is 0 Å². The number of carbonyl (C=O) groups is 1. The van der Waals surface area contributed by atoms with E-state index in [1.807, 2.05) is 36.4 Å². The zero-order chi connectivity index (χ0) is 18.9. The number of hydrogen-bond acceptors (Lipinski definition) is 4. The number of rotatable bonds is 9. The molecule has 0 saturated carbocycles. The highest BCUT2D eigenvalue weighted by Gasteiger charge is 2.08. The maximum atomic E-state index is 12.1. The van der Waals surface area contributed by atoms with Gasteiger partial charge in [0.2, 0.25) is 5.91 Å². The average Bonchev–Trinajstić information content (AvgIpc) is 2.66. The van der Waals surface area contributed by atoms with Crippen molar-refractivity contribution in [2.45, 2.75) is 19.3 Å². The number of nitrogens with one attached hydrogen (secondary N) is 1. The van der Waals surface area contributed by atoms with Crippen molar-refractivity contribution in [2.75, 3.05) is 27.9 Å². The standard InChI is InChI=1S/C20H24BrNO4/c1-24-16-6-8-18(25-2)15(13-16)10-11-22-20(23)9-5-14-4-7-19(26-3)17(21)12-14/h4,6-8,12-13H,5,9-11H2,1-3H3,(H,22,23). The topological polar surface area (TPSA) is 56.8 Å². The second-order valence-electron chi connectivity index (χ2n) is 5.75. The Kier molecular flexibility index (Phi) is 7.78. The van der Waals surface area contributed by atoms with Crippen LogP contribution in [-0.2, 0) is 17.6 Å². The number of benzene rings is 2. The zero-order valence-electron chi connectivity index (χ0n) is 15.3. The van der Waals surface area contributed by atoms with Crippen LogP contribution in [0.1, 0.15) is 17.5 Å². The van der Waals surface area contributed by atoms with E-state index in [9.17, 15) is 4.79 Å². The lowest BCUT2D eigenvalue weighted by Gasteiger charge is -2.11. The Balaban J connectivity index is 1.81. The van der Waals surface area contributed by atoms with Gasteiger partial charge in [0.1, 0.15) is 17.2 Å². The summed E-state index contributed by atoms with van der Waals surface area (Å²) in [7, 11) is 4.90. The van der Waals surface area contributed by atoms with Gasteiger partial charge in [0.15, 0.2) is 0 Å². The normalized spacial score (nSPS) is 10.3. The van der Waals surface area contributed by atoms with E-state index in [1.165, 1.54) is 0 Å². The summed E-state index contributed by atoms with van der Waals surface area (Å²) in [5.41, 5.74) is 2.09. The molecule has 0 aliphatic rings. The van der Waals surface area contributed by atoms with Gasteiger partial charge in [0, 0.05) is 13.0 Å². The fourth-order valence-corrected chi connectivity index (χ4v) is 3.21. The minimum Gasteiger partial charge on any atom is -0.497 e. The van der Waals surface area contributed by atoms with Crippen LogP contribution >= 0.6 is 15.9 Å². The molecule has 140 valence electrons. The van der Waals surface area contributed by atoms with Crippen molar-refractivity contribution in [1.29, 1.82) is 0 Å². The molecule has 0 saturated heterocycles. The molecule has 2 rings (SSSR count). The van der Waals surface area contributed by atoms with Gasteiger partial charge in [-0.05, 0) is 70.2 Å². The summed E-state index contributed by atoms with van der Waals surface area (Å²) >= 11 is 3.46. The number of carbonyl (C=O) groups excluding carboxylic acids is 1. The molecule has 5 nitrogen and oxygen atoms in total. The number of ether oxygens (including phenoxy) is 3. The van der Waals surface area contributed by atoms with Crippen LogP contribution in [0.25, 0.3) is 0 Å². The number of aryl methyl sites for hydroxylation is 1. The molecule has 0 heterocycles. The van der Waals surface area contributed by atoms with Crippen LogP contribution in [0.15, 0.2) is 40.9 Å². The molecular weight excluding hydrogens is 398 g/mol. The Morgan fingerprint density at radius 2 is 1.69 bits per heavy atom. The highest BCUT2D eigenvalue weighted by Crippen LogP contribution is 2.26. The van der Waals surface area contributed by atoms with Gasteiger partial charge in [-0.25, -0.2) is 0 Å². The Morgan fingerprint density at radius 1 is 0.962 bits per heavy atom. The van der Waals surface area contributed by atoms with Gasteiger partial charge < -0.3 is 19.5 Å². The first-order chi connectivity index (χ1) is 12.6. The van der Waals surface area contributed by atoms with E-state index in [0.717, 1.165) is 32.8 Å². The fraction of sp³-hybridized carbons (Fsp3) is 0.350. The van der Waals surface area contributed by atoms with Crippen LogP contribution in [0.2, 0.25) is 0 Å². The molecule has 0 fully saturated rings. The van der Waals surface area contributed by atoms with Crippen LogP contribution in [-0.4, -0.2) is 33.8 Å². The lowest BCUT2D eigenvalue weighted by molar-refractivity contribution is -0.121. The molecule has 0 unspecified atom stereocenters. The van der Waals surface area contributed by atoms with Crippen LogP contribution < -0.4 is 19.5 Å². The summed E-state index contributed by atoms with van der Waals surface area (Å²) in [6.07, 6.45) is 1.80. The van der Waals surface area contributed by atoms with Gasteiger partial charge in [-0.1, -0.05) is 6.07 Å². The quantitative estimate of drug-likeness (QED) is 0.669. The van der Waals surface area contributed by atoms with Gasteiger partial charge in [-0.3, -0.25) is 4.79 Å². The van der Waals surface area contributed by atoms with Crippen molar-refractivity contribution in [2.24, 2.45) is 0 Å². The van der Waals surface area contributed by atoms with Crippen molar-refractivity contribution >= 4 is 21.8 Å². The van der Waals surface area contributed by atoms with Crippen molar-refractivity contribution in [3.05, 3.63) is 52.0 Å². The minimum atomic E-state index is 0.0267. The third-order valence-electron chi connectivity index (χ3n) is 4.06. The second-order valence-corrected chi connectivity index (χ2v) is 6.60. The van der Waals surface area contributed by atoms with Crippen molar-refractivity contribution in [3.63, 3.8) is 0 Å². The largest absolute Gasteiger partial charge is 0.497 e. The number of halogens is 1. The van der Waals surface area contributed by atoms with E-state index >= 15 is 0 Å². The molecule has 6 heteroatoms. The van der Waals surface area contributed by atoms with Gasteiger partial charge in [0.05, 0.1) is 25.8 Å². The zero-order valence-corrected chi connectivity index (χ0v) is 16.9. The van der Waals surface area contributed by atoms with Crippen LogP contribution in [0.3, 0.4) is 0 Å². The Bertz CT molecular complexity index is 749. The van der Waals surface area contributed by atoms with E-state index in [0.29, 0.717) is 25.8 Å². The molecule has 0 atom stereocenters. The molecule has 0 aromatic heterocycles. The molecule has 1 amide bonds. The second kappa shape index (κ2) is 10.1. The summed E-state index contributed by atoms with van der Waals surface area (Å²) < 4.78 is 16.7. The van der Waals surface area contributed by atoms with Gasteiger partial charge >= 0.3 is 0 Å². The molecule has 2 aromatic carbocycles. The average molecular weight is 422 g/mol. The first-order valence-corrected chi connectivity index (χ1v) is 9.16. The smallest absolute Gasteiger partial charge is 0.220 e. The number of amides is 1. The lowest BCUT2D eigenvalue weighted by Crippen LogP contribution is -2.26. The van der Waals surface area contributed by atoms with Crippen LogP contribution in [0, 0.1) is 0 Å². The van der Waals surface area contributed by atoms with Crippen LogP contribution in [0.5, 0.6) is 17.2 Å². The Labute approximate surface area is 162 Å². The highest BCUT2D eigenvalue weighted by atomic mass is 79.9. The third kappa shape index (κ3) is 5.66. The maximum Gasteiger partial charge on any atom is 0.220 e. The van der Waals surface area contributed by atoms with Crippen molar-refractivity contribution in [1.82, 2.24) is 5.32 Å². The monoisotopic (exact) mass is 421 g/mol. The van der Waals surface area contributed by atoms with Crippen LogP contribution in [0.4, 0.5) is 0 Å². The van der Waals surface area contributed by atoms with E-state index in [2.05, 4.69) is 21.2 Å². The Hall–Kier alpha value is -2.21. The molecular formula is C20H24BrNO4. The SMILES string of the molecule is COc1ccc(OC)c(CCNC(=O)CCc2ccc(OC)c(Br)c2)c1. The van der Waals surface area contributed by atoms with Gasteiger partial charge in [-0.15, -0.1) is 0 Å². The molecule has 2 aromatic rings. The summed E-state index contributed by atoms with van der Waals surface area (Å²) in [5, 5.41) is 2.96. The molecule has 0 bridgehead atoms. The van der Waals surface area contributed by atoms with Crippen molar-refractivity contribution < 1.29 is 19.0 Å². The fourth-order valence-electron chi connectivity index (χ4n) is 2.63. The molecule has 0 aliphatic heterocycles. The number of methoxy groups -OCH3 is 3. The predicted molar refractivity (Wildman–Crippen MR) is 105 cm³/mol. The van der Waals surface area contributed by atoms with E-state index in [4.69, 9.17) is 14.2 Å². The summed E-state index contributed by atoms with van der Waals surface area (Å²) in [5.74, 6) is 2.38.